The molecule has 2 saturated heterocycles. The Bertz CT molecular complexity index is 399. The van der Waals surface area contributed by atoms with Gasteiger partial charge in [0.25, 0.3) is 0 Å². The number of rotatable bonds is 2. The van der Waals surface area contributed by atoms with Gasteiger partial charge in [-0.25, -0.2) is 9.59 Å². The van der Waals surface area contributed by atoms with Gasteiger partial charge >= 0.3 is 12.0 Å². The number of hydrogen-bond acceptors (Lipinski definition) is 2. The van der Waals surface area contributed by atoms with Gasteiger partial charge in [-0.3, -0.25) is 0 Å². The van der Waals surface area contributed by atoms with E-state index >= 15 is 0 Å². The summed E-state index contributed by atoms with van der Waals surface area (Å²) in [6, 6.07) is 0.117. The van der Waals surface area contributed by atoms with Crippen LogP contribution in [0, 0.1) is 5.92 Å². The Morgan fingerprint density at radius 3 is 2.55 bits per heavy atom. The molecule has 1 N–H and O–H groups in total. The highest BCUT2D eigenvalue weighted by Gasteiger charge is 2.50. The number of carbonyl (C=O) groups is 2. The number of amides is 2. The molecule has 2 aliphatic rings. The Balaban J connectivity index is 2.21. The van der Waals surface area contributed by atoms with E-state index in [4.69, 9.17) is 0 Å². The van der Waals surface area contributed by atoms with Crippen LogP contribution in [0.4, 0.5) is 4.79 Å². The maximum atomic E-state index is 12.8. The van der Waals surface area contributed by atoms with Gasteiger partial charge in [-0.2, -0.15) is 0 Å². The Morgan fingerprint density at radius 2 is 1.95 bits per heavy atom. The highest BCUT2D eigenvalue weighted by Crippen LogP contribution is 2.35. The zero-order valence-electron chi connectivity index (χ0n) is 12.8. The minimum absolute atomic E-state index is 0.0780. The van der Waals surface area contributed by atoms with Crippen LogP contribution in [0.1, 0.15) is 52.9 Å². The Kier molecular flexibility index (Phi) is 4.25. The third-order valence-corrected chi connectivity index (χ3v) is 5.32. The second kappa shape index (κ2) is 5.62. The third-order valence-electron chi connectivity index (χ3n) is 5.32. The summed E-state index contributed by atoms with van der Waals surface area (Å²) in [6.07, 6.45) is 3.98. The van der Waals surface area contributed by atoms with Crippen LogP contribution in [0.25, 0.3) is 0 Å². The molecule has 0 saturated carbocycles. The van der Waals surface area contributed by atoms with Gasteiger partial charge in [-0.05, 0) is 44.9 Å². The molecule has 0 bridgehead atoms. The van der Waals surface area contributed by atoms with Gasteiger partial charge in [0.15, 0.2) is 0 Å². The molecule has 114 valence electrons. The molecule has 2 fully saturated rings. The fourth-order valence-electron chi connectivity index (χ4n) is 3.66. The van der Waals surface area contributed by atoms with Crippen molar-refractivity contribution in [2.45, 2.75) is 64.5 Å². The van der Waals surface area contributed by atoms with E-state index in [9.17, 15) is 14.7 Å². The van der Waals surface area contributed by atoms with Crippen LogP contribution >= 0.6 is 0 Å². The summed E-state index contributed by atoms with van der Waals surface area (Å²) in [5.74, 6) is -0.375. The van der Waals surface area contributed by atoms with Gasteiger partial charge in [0.05, 0.1) is 0 Å². The number of carbonyl (C=O) groups excluding carboxylic acids is 1. The first-order chi connectivity index (χ1) is 9.44. The second-order valence-electron chi connectivity index (χ2n) is 6.28. The van der Waals surface area contributed by atoms with Crippen LogP contribution in [0.5, 0.6) is 0 Å². The topological polar surface area (TPSA) is 60.9 Å². The standard InChI is InChI=1S/C15H26N2O3/c1-4-15(13(18)19)8-6-10-17(15)14(20)16-9-5-7-11(2)12(16)3/h11-12H,4-10H2,1-3H3,(H,18,19). The Labute approximate surface area is 120 Å². The minimum atomic E-state index is -0.989. The van der Waals surface area contributed by atoms with Gasteiger partial charge in [0, 0.05) is 19.1 Å². The van der Waals surface area contributed by atoms with Crippen molar-refractivity contribution in [2.75, 3.05) is 13.1 Å². The summed E-state index contributed by atoms with van der Waals surface area (Å²) >= 11 is 0. The van der Waals surface area contributed by atoms with E-state index in [0.29, 0.717) is 25.3 Å². The van der Waals surface area contributed by atoms with Crippen molar-refractivity contribution in [3.8, 4) is 0 Å². The molecule has 20 heavy (non-hydrogen) atoms. The normalized spacial score (nSPS) is 34.4. The van der Waals surface area contributed by atoms with Crippen LogP contribution < -0.4 is 0 Å². The van der Waals surface area contributed by atoms with Gasteiger partial charge < -0.3 is 14.9 Å². The number of likely N-dealkylation sites (tertiary alicyclic amines) is 2. The predicted octanol–water partition coefficient (Wildman–Crippen LogP) is 2.56. The molecule has 5 nitrogen and oxygen atoms in total. The van der Waals surface area contributed by atoms with E-state index in [-0.39, 0.29) is 12.1 Å². The molecular formula is C15H26N2O3. The van der Waals surface area contributed by atoms with Crippen molar-refractivity contribution in [3.05, 3.63) is 0 Å². The molecule has 0 aromatic carbocycles. The molecule has 0 aromatic rings. The van der Waals surface area contributed by atoms with Crippen molar-refractivity contribution in [1.29, 1.82) is 0 Å². The molecule has 3 unspecified atom stereocenters. The third kappa shape index (κ3) is 2.27. The van der Waals surface area contributed by atoms with Gasteiger partial charge in [0.1, 0.15) is 5.54 Å². The van der Waals surface area contributed by atoms with E-state index in [0.717, 1.165) is 25.8 Å². The first-order valence-corrected chi connectivity index (χ1v) is 7.75. The molecule has 2 aliphatic heterocycles. The van der Waals surface area contributed by atoms with Crippen LogP contribution in [-0.2, 0) is 4.79 Å². The van der Waals surface area contributed by atoms with Crippen LogP contribution in [0.15, 0.2) is 0 Å². The number of piperidine rings is 1. The van der Waals surface area contributed by atoms with Gasteiger partial charge in [-0.1, -0.05) is 13.8 Å². The van der Waals surface area contributed by atoms with E-state index in [1.165, 1.54) is 0 Å². The zero-order chi connectivity index (χ0) is 14.9. The van der Waals surface area contributed by atoms with Crippen LogP contribution in [0.2, 0.25) is 0 Å². The summed E-state index contributed by atoms with van der Waals surface area (Å²) in [5.41, 5.74) is -0.989. The second-order valence-corrected chi connectivity index (χ2v) is 6.28. The largest absolute Gasteiger partial charge is 0.479 e. The quantitative estimate of drug-likeness (QED) is 0.846. The number of aliphatic carboxylic acids is 1. The number of hydrogen-bond donors (Lipinski definition) is 1. The van der Waals surface area contributed by atoms with E-state index < -0.39 is 11.5 Å². The molecule has 3 atom stereocenters. The molecule has 0 radical (unpaired) electrons. The lowest BCUT2D eigenvalue weighted by Crippen LogP contribution is -2.59. The van der Waals surface area contributed by atoms with Crippen LogP contribution in [0.3, 0.4) is 0 Å². The van der Waals surface area contributed by atoms with Crippen molar-refractivity contribution in [1.82, 2.24) is 9.80 Å². The van der Waals surface area contributed by atoms with E-state index in [2.05, 4.69) is 13.8 Å². The highest BCUT2D eigenvalue weighted by atomic mass is 16.4. The first-order valence-electron chi connectivity index (χ1n) is 7.75. The summed E-state index contributed by atoms with van der Waals surface area (Å²) < 4.78 is 0. The molecule has 0 spiro atoms. The minimum Gasteiger partial charge on any atom is -0.479 e. The zero-order valence-corrected chi connectivity index (χ0v) is 12.8. The molecule has 5 heteroatoms. The fourth-order valence-corrected chi connectivity index (χ4v) is 3.66. The van der Waals surface area contributed by atoms with Crippen LogP contribution in [-0.4, -0.2) is 51.6 Å². The Morgan fingerprint density at radius 1 is 1.25 bits per heavy atom. The van der Waals surface area contributed by atoms with Crippen molar-refractivity contribution in [3.63, 3.8) is 0 Å². The summed E-state index contributed by atoms with van der Waals surface area (Å²) in [5, 5.41) is 9.59. The predicted molar refractivity (Wildman–Crippen MR) is 76.6 cm³/mol. The maximum absolute atomic E-state index is 12.8. The summed E-state index contributed by atoms with van der Waals surface area (Å²) in [4.78, 5) is 28.0. The molecule has 0 aliphatic carbocycles. The number of nitrogens with zero attached hydrogens (tertiary/aromatic N) is 2. The average molecular weight is 282 g/mol. The lowest BCUT2D eigenvalue weighted by molar-refractivity contribution is -0.148. The highest BCUT2D eigenvalue weighted by molar-refractivity contribution is 5.87. The molecular weight excluding hydrogens is 256 g/mol. The summed E-state index contributed by atoms with van der Waals surface area (Å²) in [6.45, 7) is 7.42. The first kappa shape index (κ1) is 15.1. The lowest BCUT2D eigenvalue weighted by Gasteiger charge is -2.43. The fraction of sp³-hybridized carbons (Fsp3) is 0.867. The van der Waals surface area contributed by atoms with Gasteiger partial charge in [-0.15, -0.1) is 0 Å². The number of urea groups is 1. The van der Waals surface area contributed by atoms with E-state index in [1.807, 2.05) is 11.8 Å². The molecule has 2 heterocycles. The smallest absolute Gasteiger partial charge is 0.329 e. The molecule has 2 rings (SSSR count). The SMILES string of the molecule is CCC1(C(=O)O)CCCN1C(=O)N1CCCC(C)C1C. The number of carboxylic acids is 1. The van der Waals surface area contributed by atoms with Gasteiger partial charge in [0.2, 0.25) is 0 Å². The monoisotopic (exact) mass is 282 g/mol. The summed E-state index contributed by atoms with van der Waals surface area (Å²) in [7, 11) is 0. The maximum Gasteiger partial charge on any atom is 0.329 e. The number of carboxylic acid groups (broad SMARTS) is 1. The molecule has 2 amide bonds. The van der Waals surface area contributed by atoms with Crippen molar-refractivity contribution < 1.29 is 14.7 Å². The molecule has 0 aromatic heterocycles. The van der Waals surface area contributed by atoms with Crippen molar-refractivity contribution in [2.24, 2.45) is 5.92 Å². The lowest BCUT2D eigenvalue weighted by atomic mass is 9.91. The van der Waals surface area contributed by atoms with Crippen molar-refractivity contribution >= 4 is 12.0 Å². The Hall–Kier alpha value is -1.26. The average Bonchev–Trinajstić information content (AvgIpc) is 2.86. The van der Waals surface area contributed by atoms with E-state index in [1.54, 1.807) is 4.90 Å².